The number of amides is 1. The number of rotatable bonds is 5. The lowest BCUT2D eigenvalue weighted by Crippen LogP contribution is -2.39. The van der Waals surface area contributed by atoms with Crippen LogP contribution in [-0.4, -0.2) is 37.3 Å². The predicted octanol–water partition coefficient (Wildman–Crippen LogP) is 2.57. The molecule has 1 aliphatic heterocycles. The standard InChI is InChI=1S/C16H23N5O2/c1-11(2)8-13(21-7-5-4-6-14(21)22)16-18-15(19-23-16)12-9-17-20(3)10-12/h9-11,13H,4-8H2,1-3H3/t13-/m0/s1. The summed E-state index contributed by atoms with van der Waals surface area (Å²) in [6.07, 6.45) is 6.98. The van der Waals surface area contributed by atoms with Crippen LogP contribution in [0.1, 0.15) is 51.5 Å². The van der Waals surface area contributed by atoms with Crippen LogP contribution in [0, 0.1) is 5.92 Å². The fourth-order valence-corrected chi connectivity index (χ4v) is 2.99. The molecule has 1 amide bonds. The van der Waals surface area contributed by atoms with E-state index in [2.05, 4.69) is 29.1 Å². The van der Waals surface area contributed by atoms with Crippen molar-refractivity contribution in [2.45, 2.75) is 45.6 Å². The number of hydrogen-bond acceptors (Lipinski definition) is 5. The van der Waals surface area contributed by atoms with Crippen LogP contribution < -0.4 is 0 Å². The van der Waals surface area contributed by atoms with E-state index in [1.165, 1.54) is 0 Å². The molecule has 3 heterocycles. The molecular weight excluding hydrogens is 294 g/mol. The van der Waals surface area contributed by atoms with Gasteiger partial charge in [0.2, 0.25) is 17.6 Å². The van der Waals surface area contributed by atoms with Crippen LogP contribution in [0.2, 0.25) is 0 Å². The molecule has 1 fully saturated rings. The smallest absolute Gasteiger partial charge is 0.249 e. The molecule has 0 aliphatic carbocycles. The predicted molar refractivity (Wildman–Crippen MR) is 84.3 cm³/mol. The van der Waals surface area contributed by atoms with Crippen molar-refractivity contribution in [3.05, 3.63) is 18.3 Å². The van der Waals surface area contributed by atoms with Crippen molar-refractivity contribution in [3.8, 4) is 11.4 Å². The van der Waals surface area contributed by atoms with Crippen molar-refractivity contribution in [3.63, 3.8) is 0 Å². The second kappa shape index (κ2) is 6.52. The number of aryl methyl sites for hydroxylation is 1. The van der Waals surface area contributed by atoms with Gasteiger partial charge in [-0.25, -0.2) is 0 Å². The summed E-state index contributed by atoms with van der Waals surface area (Å²) in [5.41, 5.74) is 0.816. The third-order valence-electron chi connectivity index (χ3n) is 4.12. The number of carbonyl (C=O) groups is 1. The minimum Gasteiger partial charge on any atom is -0.337 e. The molecule has 0 radical (unpaired) electrons. The van der Waals surface area contributed by atoms with Gasteiger partial charge in [-0.1, -0.05) is 19.0 Å². The molecule has 0 spiro atoms. The van der Waals surface area contributed by atoms with E-state index in [1.54, 1.807) is 10.9 Å². The lowest BCUT2D eigenvalue weighted by Gasteiger charge is -2.33. The van der Waals surface area contributed by atoms with Gasteiger partial charge in [-0.15, -0.1) is 0 Å². The Morgan fingerprint density at radius 1 is 1.35 bits per heavy atom. The van der Waals surface area contributed by atoms with E-state index in [0.29, 0.717) is 24.1 Å². The Balaban J connectivity index is 1.87. The Morgan fingerprint density at radius 3 is 2.83 bits per heavy atom. The minimum absolute atomic E-state index is 0.138. The zero-order chi connectivity index (χ0) is 16.4. The van der Waals surface area contributed by atoms with Crippen LogP contribution in [-0.2, 0) is 11.8 Å². The largest absolute Gasteiger partial charge is 0.337 e. The van der Waals surface area contributed by atoms with E-state index in [-0.39, 0.29) is 11.9 Å². The first-order valence-corrected chi connectivity index (χ1v) is 8.16. The van der Waals surface area contributed by atoms with E-state index in [0.717, 1.165) is 31.4 Å². The van der Waals surface area contributed by atoms with Gasteiger partial charge in [0.05, 0.1) is 11.8 Å². The normalized spacial score (nSPS) is 17.0. The molecule has 0 aromatic carbocycles. The molecule has 7 nitrogen and oxygen atoms in total. The number of aromatic nitrogens is 4. The molecule has 23 heavy (non-hydrogen) atoms. The first kappa shape index (κ1) is 15.7. The van der Waals surface area contributed by atoms with Gasteiger partial charge in [-0.2, -0.15) is 10.1 Å². The average molecular weight is 317 g/mol. The molecule has 2 aromatic rings. The molecule has 0 saturated carbocycles. The maximum atomic E-state index is 12.3. The number of hydrogen-bond donors (Lipinski definition) is 0. The summed E-state index contributed by atoms with van der Waals surface area (Å²) in [4.78, 5) is 18.7. The van der Waals surface area contributed by atoms with Crippen LogP contribution >= 0.6 is 0 Å². The number of likely N-dealkylation sites (tertiary alicyclic amines) is 1. The number of carbonyl (C=O) groups excluding carboxylic acids is 1. The van der Waals surface area contributed by atoms with Crippen LogP contribution in [0.5, 0.6) is 0 Å². The van der Waals surface area contributed by atoms with E-state index in [1.807, 2.05) is 18.1 Å². The van der Waals surface area contributed by atoms with E-state index in [9.17, 15) is 4.79 Å². The van der Waals surface area contributed by atoms with Crippen LogP contribution in [0.3, 0.4) is 0 Å². The first-order valence-electron chi connectivity index (χ1n) is 8.16. The van der Waals surface area contributed by atoms with Crippen molar-refractivity contribution < 1.29 is 9.32 Å². The molecule has 0 bridgehead atoms. The molecule has 0 N–H and O–H groups in total. The highest BCUT2D eigenvalue weighted by molar-refractivity contribution is 5.77. The fourth-order valence-electron chi connectivity index (χ4n) is 2.99. The van der Waals surface area contributed by atoms with E-state index in [4.69, 9.17) is 4.52 Å². The molecule has 1 saturated heterocycles. The second-order valence-electron chi connectivity index (χ2n) is 6.55. The summed E-state index contributed by atoms with van der Waals surface area (Å²) in [5, 5.41) is 8.20. The maximum absolute atomic E-state index is 12.3. The van der Waals surface area contributed by atoms with Gasteiger partial charge in [-0.05, 0) is 25.2 Å². The van der Waals surface area contributed by atoms with Gasteiger partial charge in [0.25, 0.3) is 0 Å². The monoisotopic (exact) mass is 317 g/mol. The van der Waals surface area contributed by atoms with Crippen LogP contribution in [0.4, 0.5) is 0 Å². The van der Waals surface area contributed by atoms with Gasteiger partial charge in [-0.3, -0.25) is 9.48 Å². The van der Waals surface area contributed by atoms with Crippen molar-refractivity contribution >= 4 is 5.91 Å². The summed E-state index contributed by atoms with van der Waals surface area (Å²) < 4.78 is 7.20. The SMILES string of the molecule is CC(C)C[C@@H](c1nc(-c2cnn(C)c2)no1)N1CCCCC1=O. The number of piperidine rings is 1. The maximum Gasteiger partial charge on any atom is 0.249 e. The second-order valence-corrected chi connectivity index (χ2v) is 6.55. The highest BCUT2D eigenvalue weighted by Crippen LogP contribution is 2.31. The third-order valence-corrected chi connectivity index (χ3v) is 4.12. The fraction of sp³-hybridized carbons (Fsp3) is 0.625. The van der Waals surface area contributed by atoms with Gasteiger partial charge in [0, 0.05) is 26.2 Å². The van der Waals surface area contributed by atoms with Crippen molar-refractivity contribution in [2.75, 3.05) is 6.54 Å². The highest BCUT2D eigenvalue weighted by atomic mass is 16.5. The quantitative estimate of drug-likeness (QED) is 0.847. The highest BCUT2D eigenvalue weighted by Gasteiger charge is 2.32. The zero-order valence-corrected chi connectivity index (χ0v) is 13.9. The summed E-state index contributed by atoms with van der Waals surface area (Å²) >= 11 is 0. The Bertz CT molecular complexity index is 676. The Labute approximate surface area is 135 Å². The third kappa shape index (κ3) is 3.43. The Kier molecular flexibility index (Phi) is 4.45. The molecule has 0 unspecified atom stereocenters. The molecule has 2 aromatic heterocycles. The number of nitrogens with zero attached hydrogens (tertiary/aromatic N) is 5. The molecule has 7 heteroatoms. The topological polar surface area (TPSA) is 77.1 Å². The summed E-state index contributed by atoms with van der Waals surface area (Å²) in [5.74, 6) is 1.66. The van der Waals surface area contributed by atoms with Crippen molar-refractivity contribution in [1.82, 2.24) is 24.8 Å². The van der Waals surface area contributed by atoms with Crippen LogP contribution in [0.25, 0.3) is 11.4 Å². The first-order chi connectivity index (χ1) is 11.0. The minimum atomic E-state index is -0.138. The summed E-state index contributed by atoms with van der Waals surface area (Å²) in [6, 6.07) is -0.138. The molecule has 3 rings (SSSR count). The lowest BCUT2D eigenvalue weighted by atomic mass is 9.99. The Hall–Kier alpha value is -2.18. The average Bonchev–Trinajstić information content (AvgIpc) is 3.14. The molecule has 124 valence electrons. The van der Waals surface area contributed by atoms with Gasteiger partial charge >= 0.3 is 0 Å². The van der Waals surface area contributed by atoms with E-state index >= 15 is 0 Å². The van der Waals surface area contributed by atoms with Crippen LogP contribution in [0.15, 0.2) is 16.9 Å². The molecular formula is C16H23N5O2. The van der Waals surface area contributed by atoms with Gasteiger partial charge in [0.15, 0.2) is 0 Å². The van der Waals surface area contributed by atoms with Gasteiger partial charge < -0.3 is 9.42 Å². The van der Waals surface area contributed by atoms with Gasteiger partial charge in [0.1, 0.15) is 6.04 Å². The Morgan fingerprint density at radius 2 is 2.17 bits per heavy atom. The summed E-state index contributed by atoms with van der Waals surface area (Å²) in [7, 11) is 1.85. The molecule has 1 aliphatic rings. The van der Waals surface area contributed by atoms with E-state index < -0.39 is 0 Å². The summed E-state index contributed by atoms with van der Waals surface area (Å²) in [6.45, 7) is 5.04. The zero-order valence-electron chi connectivity index (χ0n) is 13.9. The lowest BCUT2D eigenvalue weighted by molar-refractivity contribution is -0.137. The molecule has 1 atom stereocenters. The van der Waals surface area contributed by atoms with Crippen molar-refractivity contribution in [2.24, 2.45) is 13.0 Å². The van der Waals surface area contributed by atoms with Crippen molar-refractivity contribution in [1.29, 1.82) is 0 Å².